The smallest absolute Gasteiger partial charge is 0.326 e. The molecule has 1 aromatic heterocycles. The lowest BCUT2D eigenvalue weighted by Gasteiger charge is -2.30. The second-order valence-electron chi connectivity index (χ2n) is 5.21. The first-order valence-corrected chi connectivity index (χ1v) is 6.66. The zero-order chi connectivity index (χ0) is 13.4. The maximum atomic E-state index is 12.2. The van der Waals surface area contributed by atoms with Gasteiger partial charge in [-0.1, -0.05) is 6.07 Å². The molecule has 5 nitrogen and oxygen atoms in total. The van der Waals surface area contributed by atoms with Crippen LogP contribution in [0.2, 0.25) is 0 Å². The number of aromatic nitrogens is 2. The molecule has 0 amide bonds. The molecule has 1 aromatic carbocycles. The summed E-state index contributed by atoms with van der Waals surface area (Å²) >= 11 is 0. The molecule has 0 radical (unpaired) electrons. The molecule has 1 unspecified atom stereocenters. The van der Waals surface area contributed by atoms with E-state index in [1.54, 1.807) is 7.11 Å². The molecule has 19 heavy (non-hydrogen) atoms. The number of rotatable bonds is 2. The monoisotopic (exact) mass is 261 g/mol. The van der Waals surface area contributed by atoms with Crippen LogP contribution in [0.1, 0.15) is 18.9 Å². The Labute approximate surface area is 111 Å². The number of fused-ring (bicyclic) bond motifs is 1. The number of likely N-dealkylation sites (tertiary alicyclic amines) is 1. The zero-order valence-corrected chi connectivity index (χ0v) is 11.3. The normalized spacial score (nSPS) is 20.8. The number of methoxy groups -OCH3 is 1. The van der Waals surface area contributed by atoms with Crippen LogP contribution in [0.3, 0.4) is 0 Å². The Morgan fingerprint density at radius 2 is 2.26 bits per heavy atom. The Morgan fingerprint density at radius 1 is 1.42 bits per heavy atom. The van der Waals surface area contributed by atoms with E-state index in [2.05, 4.69) is 16.9 Å². The number of nitrogens with one attached hydrogen (secondary N) is 1. The molecule has 1 fully saturated rings. The molecule has 3 rings (SSSR count). The Bertz CT molecular complexity index is 644. The minimum absolute atomic E-state index is 0.0419. The second-order valence-corrected chi connectivity index (χ2v) is 5.21. The largest absolute Gasteiger partial charge is 0.494 e. The number of H-pyrrole nitrogens is 1. The van der Waals surface area contributed by atoms with Crippen molar-refractivity contribution in [2.75, 3.05) is 27.2 Å². The van der Waals surface area contributed by atoms with Gasteiger partial charge in [-0.15, -0.1) is 0 Å². The van der Waals surface area contributed by atoms with E-state index >= 15 is 0 Å². The first-order valence-electron chi connectivity index (χ1n) is 6.66. The van der Waals surface area contributed by atoms with Crippen molar-refractivity contribution in [1.82, 2.24) is 14.5 Å². The molecule has 1 atom stereocenters. The molecule has 2 heterocycles. The molecule has 1 aliphatic rings. The quantitative estimate of drug-likeness (QED) is 0.893. The Kier molecular flexibility index (Phi) is 3.06. The van der Waals surface area contributed by atoms with Crippen molar-refractivity contribution in [3.05, 3.63) is 28.7 Å². The van der Waals surface area contributed by atoms with Gasteiger partial charge in [0, 0.05) is 6.54 Å². The SMILES string of the molecule is COc1cccc2[nH]c(=O)n(C3CCCN(C)C3)c12. The van der Waals surface area contributed by atoms with Crippen molar-refractivity contribution >= 4 is 11.0 Å². The third kappa shape index (κ3) is 2.04. The molecular formula is C14H19N3O2. The lowest BCUT2D eigenvalue weighted by molar-refractivity contribution is 0.212. The average Bonchev–Trinajstić information content (AvgIpc) is 2.74. The highest BCUT2D eigenvalue weighted by Gasteiger charge is 2.23. The molecular weight excluding hydrogens is 242 g/mol. The summed E-state index contributed by atoms with van der Waals surface area (Å²) in [6.45, 7) is 2.01. The summed E-state index contributed by atoms with van der Waals surface area (Å²) < 4.78 is 7.27. The first-order chi connectivity index (χ1) is 9.20. The van der Waals surface area contributed by atoms with E-state index in [1.807, 2.05) is 22.8 Å². The highest BCUT2D eigenvalue weighted by atomic mass is 16.5. The fraction of sp³-hybridized carbons (Fsp3) is 0.500. The Hall–Kier alpha value is -1.75. The van der Waals surface area contributed by atoms with Gasteiger partial charge in [0.1, 0.15) is 11.3 Å². The summed E-state index contributed by atoms with van der Waals surface area (Å²) in [5.41, 5.74) is 1.69. The molecule has 2 aromatic rings. The third-order valence-corrected chi connectivity index (χ3v) is 3.88. The van der Waals surface area contributed by atoms with Crippen LogP contribution >= 0.6 is 0 Å². The van der Waals surface area contributed by atoms with Crippen molar-refractivity contribution in [3.63, 3.8) is 0 Å². The lowest BCUT2D eigenvalue weighted by Crippen LogP contribution is -2.36. The number of nitrogens with zero attached hydrogens (tertiary/aromatic N) is 2. The van der Waals surface area contributed by atoms with Crippen molar-refractivity contribution in [1.29, 1.82) is 0 Å². The highest BCUT2D eigenvalue weighted by Crippen LogP contribution is 2.28. The van der Waals surface area contributed by atoms with Gasteiger partial charge in [0.25, 0.3) is 0 Å². The fourth-order valence-corrected chi connectivity index (χ4v) is 3.01. The maximum absolute atomic E-state index is 12.2. The van der Waals surface area contributed by atoms with Crippen LogP contribution < -0.4 is 10.4 Å². The number of hydrogen-bond donors (Lipinski definition) is 1. The number of imidazole rings is 1. The van der Waals surface area contributed by atoms with Gasteiger partial charge in [0.2, 0.25) is 0 Å². The average molecular weight is 261 g/mol. The molecule has 1 saturated heterocycles. The number of piperidine rings is 1. The molecule has 0 aliphatic carbocycles. The van der Waals surface area contributed by atoms with Gasteiger partial charge in [-0.05, 0) is 38.6 Å². The predicted octanol–water partition coefficient (Wildman–Crippen LogP) is 1.60. The Morgan fingerprint density at radius 3 is 3.00 bits per heavy atom. The lowest BCUT2D eigenvalue weighted by atomic mass is 10.1. The molecule has 5 heteroatoms. The minimum Gasteiger partial charge on any atom is -0.494 e. The van der Waals surface area contributed by atoms with Crippen LogP contribution in [0.5, 0.6) is 5.75 Å². The highest BCUT2D eigenvalue weighted by molar-refractivity contribution is 5.82. The fourth-order valence-electron chi connectivity index (χ4n) is 3.01. The van der Waals surface area contributed by atoms with Gasteiger partial charge >= 0.3 is 5.69 Å². The van der Waals surface area contributed by atoms with Crippen LogP contribution in [0.4, 0.5) is 0 Å². The van der Waals surface area contributed by atoms with Crippen LogP contribution in [0.25, 0.3) is 11.0 Å². The van der Waals surface area contributed by atoms with Crippen LogP contribution in [-0.4, -0.2) is 41.7 Å². The predicted molar refractivity (Wildman–Crippen MR) is 74.9 cm³/mol. The standard InChI is InChI=1S/C14H19N3O2/c1-16-8-4-5-10(9-16)17-13-11(15-14(17)18)6-3-7-12(13)19-2/h3,6-7,10H,4-5,8-9H2,1-2H3,(H,15,18). The van der Waals surface area contributed by atoms with Gasteiger partial charge < -0.3 is 14.6 Å². The van der Waals surface area contributed by atoms with Crippen molar-refractivity contribution in [2.24, 2.45) is 0 Å². The topological polar surface area (TPSA) is 50.3 Å². The summed E-state index contributed by atoms with van der Waals surface area (Å²) in [6, 6.07) is 5.94. The van der Waals surface area contributed by atoms with Gasteiger partial charge in [0.05, 0.1) is 18.7 Å². The van der Waals surface area contributed by atoms with E-state index in [0.717, 1.165) is 42.7 Å². The van der Waals surface area contributed by atoms with E-state index in [4.69, 9.17) is 4.74 Å². The number of hydrogen-bond acceptors (Lipinski definition) is 3. The number of para-hydroxylation sites is 1. The van der Waals surface area contributed by atoms with E-state index < -0.39 is 0 Å². The van der Waals surface area contributed by atoms with E-state index in [1.165, 1.54) is 0 Å². The summed E-state index contributed by atoms with van der Waals surface area (Å²) in [4.78, 5) is 17.4. The van der Waals surface area contributed by atoms with Gasteiger partial charge in [-0.2, -0.15) is 0 Å². The van der Waals surface area contributed by atoms with E-state index in [0.29, 0.717) is 0 Å². The molecule has 0 spiro atoms. The molecule has 0 bridgehead atoms. The minimum atomic E-state index is -0.0419. The van der Waals surface area contributed by atoms with Crippen molar-refractivity contribution in [3.8, 4) is 5.75 Å². The number of aromatic amines is 1. The Balaban J connectivity index is 2.16. The van der Waals surface area contributed by atoms with Crippen LogP contribution in [-0.2, 0) is 0 Å². The second kappa shape index (κ2) is 4.74. The molecule has 1 aliphatic heterocycles. The van der Waals surface area contributed by atoms with Gasteiger partial charge in [-0.3, -0.25) is 4.57 Å². The number of ether oxygens (including phenoxy) is 1. The van der Waals surface area contributed by atoms with Gasteiger partial charge in [0.15, 0.2) is 0 Å². The zero-order valence-electron chi connectivity index (χ0n) is 11.3. The summed E-state index contributed by atoms with van der Waals surface area (Å²) in [5, 5.41) is 0. The summed E-state index contributed by atoms with van der Waals surface area (Å²) in [7, 11) is 3.74. The van der Waals surface area contributed by atoms with E-state index in [-0.39, 0.29) is 11.7 Å². The number of benzene rings is 1. The molecule has 0 saturated carbocycles. The van der Waals surface area contributed by atoms with Crippen LogP contribution in [0, 0.1) is 0 Å². The first kappa shape index (κ1) is 12.3. The van der Waals surface area contributed by atoms with Crippen LogP contribution in [0.15, 0.2) is 23.0 Å². The molecule has 102 valence electrons. The van der Waals surface area contributed by atoms with Gasteiger partial charge in [-0.25, -0.2) is 4.79 Å². The van der Waals surface area contributed by atoms with E-state index in [9.17, 15) is 4.79 Å². The van der Waals surface area contributed by atoms with Crippen molar-refractivity contribution in [2.45, 2.75) is 18.9 Å². The summed E-state index contributed by atoms with van der Waals surface area (Å²) in [6.07, 6.45) is 2.16. The third-order valence-electron chi connectivity index (χ3n) is 3.88. The van der Waals surface area contributed by atoms with Crippen molar-refractivity contribution < 1.29 is 4.74 Å². The maximum Gasteiger partial charge on any atom is 0.326 e. The summed E-state index contributed by atoms with van der Waals surface area (Å²) in [5.74, 6) is 0.754. The molecule has 1 N–H and O–H groups in total. The number of likely N-dealkylation sites (N-methyl/N-ethyl adjacent to an activating group) is 1.